The molecule has 1 saturated carbocycles. The SMILES string of the molecule is COc1cc(C)c(C(N)C2CC2(C)C)cc1C. The molecule has 1 aromatic carbocycles. The van der Waals surface area contributed by atoms with E-state index in [1.807, 2.05) is 0 Å². The van der Waals surface area contributed by atoms with Gasteiger partial charge in [0.05, 0.1) is 7.11 Å². The third-order valence-corrected chi connectivity index (χ3v) is 4.17. The van der Waals surface area contributed by atoms with Gasteiger partial charge in [0.2, 0.25) is 0 Å². The van der Waals surface area contributed by atoms with E-state index in [1.54, 1.807) is 7.11 Å². The van der Waals surface area contributed by atoms with Crippen LogP contribution in [-0.2, 0) is 0 Å². The van der Waals surface area contributed by atoms with Gasteiger partial charge in [-0.25, -0.2) is 0 Å². The van der Waals surface area contributed by atoms with Crippen molar-refractivity contribution in [2.24, 2.45) is 17.1 Å². The monoisotopic (exact) mass is 233 g/mol. The van der Waals surface area contributed by atoms with Crippen molar-refractivity contribution in [3.63, 3.8) is 0 Å². The average molecular weight is 233 g/mol. The van der Waals surface area contributed by atoms with Gasteiger partial charge in [-0.1, -0.05) is 19.9 Å². The standard InChI is InChI=1S/C15H23NO/c1-9-7-13(17-5)10(2)6-11(9)14(16)12-8-15(12,3)4/h6-7,12,14H,8,16H2,1-5H3. The van der Waals surface area contributed by atoms with Crippen molar-refractivity contribution in [3.8, 4) is 5.75 Å². The number of benzene rings is 1. The molecular weight excluding hydrogens is 210 g/mol. The maximum Gasteiger partial charge on any atom is 0.122 e. The molecule has 0 amide bonds. The normalized spacial score (nSPS) is 23.3. The fourth-order valence-electron chi connectivity index (χ4n) is 2.73. The number of nitrogens with two attached hydrogens (primary N) is 1. The zero-order valence-corrected chi connectivity index (χ0v) is 11.5. The van der Waals surface area contributed by atoms with E-state index in [0.717, 1.165) is 5.75 Å². The fourth-order valence-corrected chi connectivity index (χ4v) is 2.73. The summed E-state index contributed by atoms with van der Waals surface area (Å²) in [4.78, 5) is 0. The third kappa shape index (κ3) is 2.19. The van der Waals surface area contributed by atoms with Crippen molar-refractivity contribution in [2.75, 3.05) is 7.11 Å². The lowest BCUT2D eigenvalue weighted by Crippen LogP contribution is -2.17. The topological polar surface area (TPSA) is 35.2 Å². The quantitative estimate of drug-likeness (QED) is 0.869. The first-order chi connectivity index (χ1) is 7.86. The van der Waals surface area contributed by atoms with Crippen molar-refractivity contribution in [1.29, 1.82) is 0 Å². The van der Waals surface area contributed by atoms with Gasteiger partial charge in [-0.3, -0.25) is 0 Å². The molecule has 0 radical (unpaired) electrons. The van der Waals surface area contributed by atoms with Gasteiger partial charge in [-0.05, 0) is 54.4 Å². The predicted molar refractivity (Wildman–Crippen MR) is 71.3 cm³/mol. The fraction of sp³-hybridized carbons (Fsp3) is 0.600. The summed E-state index contributed by atoms with van der Waals surface area (Å²) >= 11 is 0. The number of hydrogen-bond acceptors (Lipinski definition) is 2. The molecule has 2 heteroatoms. The molecule has 2 rings (SSSR count). The lowest BCUT2D eigenvalue weighted by molar-refractivity contribution is 0.410. The molecule has 0 aromatic heterocycles. The number of methoxy groups -OCH3 is 1. The van der Waals surface area contributed by atoms with E-state index in [1.165, 1.54) is 23.1 Å². The van der Waals surface area contributed by atoms with Gasteiger partial charge in [0.15, 0.2) is 0 Å². The van der Waals surface area contributed by atoms with Crippen LogP contribution in [-0.4, -0.2) is 7.11 Å². The van der Waals surface area contributed by atoms with Crippen LogP contribution in [0.25, 0.3) is 0 Å². The molecule has 0 aliphatic heterocycles. The minimum atomic E-state index is 0.162. The Labute approximate surface area is 104 Å². The molecule has 94 valence electrons. The van der Waals surface area contributed by atoms with Crippen LogP contribution < -0.4 is 10.5 Å². The Balaban J connectivity index is 2.30. The molecule has 1 fully saturated rings. The molecule has 2 unspecified atom stereocenters. The van der Waals surface area contributed by atoms with Gasteiger partial charge >= 0.3 is 0 Å². The summed E-state index contributed by atoms with van der Waals surface area (Å²) in [5.41, 5.74) is 10.5. The van der Waals surface area contributed by atoms with Crippen molar-refractivity contribution in [1.82, 2.24) is 0 Å². The van der Waals surface area contributed by atoms with Crippen LogP contribution in [0, 0.1) is 25.2 Å². The maximum absolute atomic E-state index is 6.40. The summed E-state index contributed by atoms with van der Waals surface area (Å²) in [6.45, 7) is 8.78. The smallest absolute Gasteiger partial charge is 0.122 e. The van der Waals surface area contributed by atoms with Crippen LogP contribution in [0.4, 0.5) is 0 Å². The lowest BCUT2D eigenvalue weighted by atomic mass is 9.93. The van der Waals surface area contributed by atoms with Crippen molar-refractivity contribution in [2.45, 2.75) is 40.2 Å². The van der Waals surface area contributed by atoms with E-state index in [9.17, 15) is 0 Å². The summed E-state index contributed by atoms with van der Waals surface area (Å²) < 4.78 is 5.34. The molecule has 0 saturated heterocycles. The van der Waals surface area contributed by atoms with Crippen LogP contribution in [0.3, 0.4) is 0 Å². The second-order valence-corrected chi connectivity index (χ2v) is 6.00. The Hall–Kier alpha value is -1.02. The molecule has 0 heterocycles. The van der Waals surface area contributed by atoms with Gasteiger partial charge in [0.1, 0.15) is 5.75 Å². The van der Waals surface area contributed by atoms with Crippen molar-refractivity contribution < 1.29 is 4.74 Å². The molecule has 2 atom stereocenters. The van der Waals surface area contributed by atoms with E-state index >= 15 is 0 Å². The zero-order chi connectivity index (χ0) is 12.8. The van der Waals surface area contributed by atoms with Crippen molar-refractivity contribution >= 4 is 0 Å². The van der Waals surface area contributed by atoms with Crippen LogP contribution in [0.5, 0.6) is 5.75 Å². The third-order valence-electron chi connectivity index (χ3n) is 4.17. The highest BCUT2D eigenvalue weighted by atomic mass is 16.5. The van der Waals surface area contributed by atoms with Crippen LogP contribution in [0.15, 0.2) is 12.1 Å². The van der Waals surface area contributed by atoms with E-state index in [4.69, 9.17) is 10.5 Å². The Morgan fingerprint density at radius 3 is 2.35 bits per heavy atom. The molecular formula is C15H23NO. The summed E-state index contributed by atoms with van der Waals surface area (Å²) in [7, 11) is 1.71. The summed E-state index contributed by atoms with van der Waals surface area (Å²) in [5.74, 6) is 1.57. The first kappa shape index (κ1) is 12.4. The second kappa shape index (κ2) is 4.02. The highest BCUT2D eigenvalue weighted by Crippen LogP contribution is 2.57. The molecule has 0 spiro atoms. The predicted octanol–water partition coefficient (Wildman–Crippen LogP) is 3.36. The van der Waals surface area contributed by atoms with Gasteiger partial charge < -0.3 is 10.5 Å². The summed E-state index contributed by atoms with van der Waals surface area (Å²) in [6, 6.07) is 4.45. The minimum absolute atomic E-state index is 0.162. The number of aryl methyl sites for hydroxylation is 2. The molecule has 2 nitrogen and oxygen atoms in total. The Morgan fingerprint density at radius 2 is 1.88 bits per heavy atom. The van der Waals surface area contributed by atoms with Gasteiger partial charge in [0.25, 0.3) is 0 Å². The molecule has 17 heavy (non-hydrogen) atoms. The van der Waals surface area contributed by atoms with Crippen LogP contribution >= 0.6 is 0 Å². The van der Waals surface area contributed by atoms with Crippen LogP contribution in [0.1, 0.15) is 43.0 Å². The Morgan fingerprint density at radius 1 is 1.29 bits per heavy atom. The first-order valence-electron chi connectivity index (χ1n) is 6.27. The lowest BCUT2D eigenvalue weighted by Gasteiger charge is -2.18. The van der Waals surface area contributed by atoms with Gasteiger partial charge in [-0.2, -0.15) is 0 Å². The van der Waals surface area contributed by atoms with E-state index in [-0.39, 0.29) is 6.04 Å². The second-order valence-electron chi connectivity index (χ2n) is 6.00. The minimum Gasteiger partial charge on any atom is -0.496 e. The van der Waals surface area contributed by atoms with Gasteiger partial charge in [-0.15, -0.1) is 0 Å². The average Bonchev–Trinajstić information content (AvgIpc) is 2.89. The highest BCUT2D eigenvalue weighted by molar-refractivity contribution is 5.43. The molecule has 1 aromatic rings. The number of ether oxygens (including phenoxy) is 1. The van der Waals surface area contributed by atoms with E-state index in [0.29, 0.717) is 11.3 Å². The summed E-state index contributed by atoms with van der Waals surface area (Å²) in [5, 5.41) is 0. The number of rotatable bonds is 3. The summed E-state index contributed by atoms with van der Waals surface area (Å²) in [6.07, 6.45) is 1.23. The van der Waals surface area contributed by atoms with Crippen molar-refractivity contribution in [3.05, 3.63) is 28.8 Å². The Bertz CT molecular complexity index is 437. The van der Waals surface area contributed by atoms with Crippen LogP contribution in [0.2, 0.25) is 0 Å². The molecule has 1 aliphatic carbocycles. The van der Waals surface area contributed by atoms with E-state index in [2.05, 4.69) is 39.8 Å². The molecule has 1 aliphatic rings. The first-order valence-corrected chi connectivity index (χ1v) is 6.27. The zero-order valence-electron chi connectivity index (χ0n) is 11.5. The van der Waals surface area contributed by atoms with Gasteiger partial charge in [0, 0.05) is 6.04 Å². The molecule has 2 N–H and O–H groups in total. The van der Waals surface area contributed by atoms with E-state index < -0.39 is 0 Å². The number of hydrogen-bond donors (Lipinski definition) is 1. The maximum atomic E-state index is 6.40. The highest BCUT2D eigenvalue weighted by Gasteiger charge is 2.49. The Kier molecular flexibility index (Phi) is 2.94. The molecule has 0 bridgehead atoms. The largest absolute Gasteiger partial charge is 0.496 e.